The van der Waals surface area contributed by atoms with Crippen molar-refractivity contribution in [2.24, 2.45) is 0 Å². The summed E-state index contributed by atoms with van der Waals surface area (Å²) < 4.78 is 25.1. The highest BCUT2D eigenvalue weighted by Crippen LogP contribution is 2.26. The lowest BCUT2D eigenvalue weighted by Crippen LogP contribution is -2.48. The first-order valence-corrected chi connectivity index (χ1v) is 13.4. The van der Waals surface area contributed by atoms with E-state index >= 15 is 0 Å². The fourth-order valence-corrected chi connectivity index (χ4v) is 5.00. The minimum Gasteiger partial charge on any atom is -0.301 e. The van der Waals surface area contributed by atoms with Crippen LogP contribution in [-0.2, 0) is 21.4 Å². The van der Waals surface area contributed by atoms with Crippen LogP contribution in [0.2, 0.25) is 0 Å². The molecule has 2 heterocycles. The number of benzene rings is 2. The zero-order valence-electron chi connectivity index (χ0n) is 18.4. The number of thiazole rings is 1. The fraction of sp³-hybridized carbons (Fsp3) is 0.304. The molecule has 2 N–H and O–H groups in total. The Balaban J connectivity index is 1.24. The van der Waals surface area contributed by atoms with Gasteiger partial charge in [-0.15, -0.1) is 11.3 Å². The van der Waals surface area contributed by atoms with Crippen molar-refractivity contribution in [1.82, 2.24) is 14.8 Å². The Morgan fingerprint density at radius 1 is 1.00 bits per heavy atom. The van der Waals surface area contributed by atoms with E-state index in [1.54, 1.807) is 24.3 Å². The molecule has 1 aliphatic heterocycles. The summed E-state index contributed by atoms with van der Waals surface area (Å²) >= 11 is 1.37. The van der Waals surface area contributed by atoms with E-state index in [1.807, 2.05) is 11.4 Å². The molecule has 0 bridgehead atoms. The van der Waals surface area contributed by atoms with Gasteiger partial charge in [-0.2, -0.15) is 0 Å². The minimum absolute atomic E-state index is 0.0693. The molecule has 2 aromatic carbocycles. The molecular formula is C23H27N5O3S2. The molecule has 3 aromatic rings. The molecule has 1 amide bonds. The lowest BCUT2D eigenvalue weighted by molar-refractivity contribution is -0.117. The standard InChI is InChI=1S/C23H27N5O3S2/c1-33(30,31)26-20-9-7-19(8-10-20)21-17-32-23(24-21)25-22(29)16-28-13-11-27(12-14-28)15-18-5-3-2-4-6-18/h2-10,17,26H,11-16H2,1H3,(H,24,25,29). The van der Waals surface area contributed by atoms with Crippen LogP contribution in [0.4, 0.5) is 10.8 Å². The summed E-state index contributed by atoms with van der Waals surface area (Å²) in [7, 11) is -3.31. The molecule has 4 rings (SSSR count). The summed E-state index contributed by atoms with van der Waals surface area (Å²) in [6, 6.07) is 17.4. The van der Waals surface area contributed by atoms with Gasteiger partial charge in [0, 0.05) is 49.4 Å². The molecule has 0 radical (unpaired) electrons. The van der Waals surface area contributed by atoms with Gasteiger partial charge in [0.15, 0.2) is 5.13 Å². The van der Waals surface area contributed by atoms with E-state index in [2.05, 4.69) is 49.1 Å². The maximum Gasteiger partial charge on any atom is 0.240 e. The quantitative estimate of drug-likeness (QED) is 0.510. The third-order valence-corrected chi connectivity index (χ3v) is 6.68. The normalized spacial score (nSPS) is 15.3. The van der Waals surface area contributed by atoms with Crippen molar-refractivity contribution in [3.8, 4) is 11.3 Å². The maximum absolute atomic E-state index is 12.5. The van der Waals surface area contributed by atoms with Crippen molar-refractivity contribution in [2.75, 3.05) is 49.0 Å². The van der Waals surface area contributed by atoms with E-state index in [1.165, 1.54) is 16.9 Å². The first-order valence-electron chi connectivity index (χ1n) is 10.7. The van der Waals surface area contributed by atoms with Crippen molar-refractivity contribution < 1.29 is 13.2 Å². The number of sulfonamides is 1. The average molecular weight is 486 g/mol. The SMILES string of the molecule is CS(=O)(=O)Nc1ccc(-c2csc(NC(=O)CN3CCN(Cc4ccccc4)CC3)n2)cc1. The Morgan fingerprint density at radius 3 is 2.33 bits per heavy atom. The molecule has 0 saturated carbocycles. The summed E-state index contributed by atoms with van der Waals surface area (Å²) in [5, 5.41) is 5.32. The van der Waals surface area contributed by atoms with Crippen LogP contribution >= 0.6 is 11.3 Å². The smallest absolute Gasteiger partial charge is 0.240 e. The Morgan fingerprint density at radius 2 is 1.67 bits per heavy atom. The molecule has 0 unspecified atom stereocenters. The summed E-state index contributed by atoms with van der Waals surface area (Å²) in [5.41, 5.74) is 3.38. The number of carbonyl (C=O) groups is 1. The minimum atomic E-state index is -3.31. The monoisotopic (exact) mass is 485 g/mol. The number of hydrogen-bond donors (Lipinski definition) is 2. The molecule has 10 heteroatoms. The second kappa shape index (κ2) is 10.4. The van der Waals surface area contributed by atoms with Crippen LogP contribution in [0.5, 0.6) is 0 Å². The van der Waals surface area contributed by atoms with E-state index in [0.717, 1.165) is 50.2 Å². The first kappa shape index (κ1) is 23.4. The summed E-state index contributed by atoms with van der Waals surface area (Å²) in [4.78, 5) is 21.6. The molecule has 8 nitrogen and oxygen atoms in total. The van der Waals surface area contributed by atoms with Crippen LogP contribution in [0.3, 0.4) is 0 Å². The van der Waals surface area contributed by atoms with Gasteiger partial charge in [-0.05, 0) is 17.7 Å². The molecule has 0 aliphatic carbocycles. The molecule has 1 aromatic heterocycles. The zero-order valence-corrected chi connectivity index (χ0v) is 20.0. The highest BCUT2D eigenvalue weighted by atomic mass is 32.2. The number of nitrogens with one attached hydrogen (secondary N) is 2. The number of anilines is 2. The molecule has 0 atom stereocenters. The highest BCUT2D eigenvalue weighted by molar-refractivity contribution is 7.92. The Kier molecular flexibility index (Phi) is 7.39. The molecule has 174 valence electrons. The number of rotatable bonds is 8. The molecule has 1 fully saturated rings. The number of carbonyl (C=O) groups excluding carboxylic acids is 1. The van der Waals surface area contributed by atoms with E-state index in [0.29, 0.717) is 17.4 Å². The predicted molar refractivity (Wildman–Crippen MR) is 133 cm³/mol. The zero-order chi connectivity index (χ0) is 23.3. The van der Waals surface area contributed by atoms with Crippen LogP contribution in [-0.4, -0.2) is 68.1 Å². The van der Waals surface area contributed by atoms with Gasteiger partial charge in [0.05, 0.1) is 18.5 Å². The second-order valence-corrected chi connectivity index (χ2v) is 10.7. The van der Waals surface area contributed by atoms with Crippen molar-refractivity contribution in [3.05, 3.63) is 65.5 Å². The summed E-state index contributed by atoms with van der Waals surface area (Å²) in [5.74, 6) is -0.0693. The van der Waals surface area contributed by atoms with Crippen molar-refractivity contribution in [1.29, 1.82) is 0 Å². The van der Waals surface area contributed by atoms with Crippen molar-refractivity contribution in [3.63, 3.8) is 0 Å². The average Bonchev–Trinajstić information content (AvgIpc) is 3.23. The van der Waals surface area contributed by atoms with E-state index in [9.17, 15) is 13.2 Å². The fourth-order valence-electron chi connectivity index (χ4n) is 3.70. The van der Waals surface area contributed by atoms with Gasteiger partial charge in [-0.1, -0.05) is 42.5 Å². The highest BCUT2D eigenvalue weighted by Gasteiger charge is 2.19. The number of aromatic nitrogens is 1. The van der Waals surface area contributed by atoms with E-state index in [4.69, 9.17) is 0 Å². The number of nitrogens with zero attached hydrogens (tertiary/aromatic N) is 3. The maximum atomic E-state index is 12.5. The molecular weight excluding hydrogens is 458 g/mol. The predicted octanol–water partition coefficient (Wildman–Crippen LogP) is 2.94. The first-order chi connectivity index (χ1) is 15.8. The molecule has 0 spiro atoms. The van der Waals surface area contributed by atoms with Crippen molar-refractivity contribution in [2.45, 2.75) is 6.54 Å². The second-order valence-electron chi connectivity index (χ2n) is 8.08. The van der Waals surface area contributed by atoms with Crippen LogP contribution in [0, 0.1) is 0 Å². The lowest BCUT2D eigenvalue weighted by atomic mass is 10.1. The van der Waals surface area contributed by atoms with Gasteiger partial charge in [0.1, 0.15) is 0 Å². The largest absolute Gasteiger partial charge is 0.301 e. The summed E-state index contributed by atoms with van der Waals surface area (Å²) in [6.45, 7) is 4.88. The topological polar surface area (TPSA) is 94.6 Å². The number of amides is 1. The van der Waals surface area contributed by atoms with Crippen molar-refractivity contribution >= 4 is 38.1 Å². The van der Waals surface area contributed by atoms with Gasteiger partial charge >= 0.3 is 0 Å². The van der Waals surface area contributed by atoms with Gasteiger partial charge in [-0.25, -0.2) is 13.4 Å². The van der Waals surface area contributed by atoms with Gasteiger partial charge in [0.25, 0.3) is 0 Å². The lowest BCUT2D eigenvalue weighted by Gasteiger charge is -2.34. The van der Waals surface area contributed by atoms with Gasteiger partial charge in [0.2, 0.25) is 15.9 Å². The van der Waals surface area contributed by atoms with Crippen LogP contribution in [0.25, 0.3) is 11.3 Å². The van der Waals surface area contributed by atoms with Gasteiger partial charge in [-0.3, -0.25) is 19.3 Å². The van der Waals surface area contributed by atoms with E-state index in [-0.39, 0.29) is 5.91 Å². The Bertz CT molecular complexity index is 1170. The van der Waals surface area contributed by atoms with Crippen LogP contribution in [0.1, 0.15) is 5.56 Å². The Labute approximate surface area is 198 Å². The third kappa shape index (κ3) is 7.10. The van der Waals surface area contributed by atoms with Crippen LogP contribution in [0.15, 0.2) is 60.0 Å². The molecule has 33 heavy (non-hydrogen) atoms. The van der Waals surface area contributed by atoms with Gasteiger partial charge < -0.3 is 5.32 Å². The summed E-state index contributed by atoms with van der Waals surface area (Å²) in [6.07, 6.45) is 1.11. The number of piperazine rings is 1. The molecule has 1 saturated heterocycles. The number of hydrogen-bond acceptors (Lipinski definition) is 7. The Hall–Kier alpha value is -2.79. The third-order valence-electron chi connectivity index (χ3n) is 5.32. The van der Waals surface area contributed by atoms with Crippen LogP contribution < -0.4 is 10.0 Å². The van der Waals surface area contributed by atoms with E-state index < -0.39 is 10.0 Å². The molecule has 1 aliphatic rings.